The molecule has 2 aromatic heterocycles. The Bertz CT molecular complexity index is 550. The summed E-state index contributed by atoms with van der Waals surface area (Å²) in [6.07, 6.45) is 1.60. The van der Waals surface area contributed by atoms with Gasteiger partial charge in [0.1, 0.15) is 6.26 Å². The zero-order chi connectivity index (χ0) is 14.7. The minimum atomic E-state index is -2.26. The monoisotopic (exact) mass is 298 g/mol. The van der Waals surface area contributed by atoms with Crippen molar-refractivity contribution in [3.63, 3.8) is 0 Å². The molecule has 0 unspecified atom stereocenters. The van der Waals surface area contributed by atoms with Crippen LogP contribution in [0.5, 0.6) is 0 Å². The summed E-state index contributed by atoms with van der Waals surface area (Å²) in [5.41, 5.74) is 0.539. The molecule has 0 spiro atoms. The van der Waals surface area contributed by atoms with Gasteiger partial charge in [0.15, 0.2) is 5.69 Å². The lowest BCUT2D eigenvalue weighted by Gasteiger charge is -2.30. The van der Waals surface area contributed by atoms with Gasteiger partial charge in [0.05, 0.1) is 6.54 Å². The maximum Gasteiger partial charge on any atom is 0.251 e. The molecule has 3 heterocycles. The summed E-state index contributed by atoms with van der Waals surface area (Å²) in [6, 6.07) is 1.66. The molecule has 0 radical (unpaired) electrons. The number of nitrogens with zero attached hydrogens (tertiary/aromatic N) is 4. The minimum absolute atomic E-state index is 0.135. The number of piperidine rings is 1. The molecule has 6 nitrogen and oxygen atoms in total. The molecule has 0 bridgehead atoms. The molecule has 21 heavy (non-hydrogen) atoms. The molecular formula is C13H16F2N4O2. The van der Waals surface area contributed by atoms with Gasteiger partial charge in [-0.3, -0.25) is 4.90 Å². The van der Waals surface area contributed by atoms with Gasteiger partial charge in [-0.25, -0.2) is 8.78 Å². The van der Waals surface area contributed by atoms with Gasteiger partial charge in [-0.2, -0.15) is 4.98 Å². The Kier molecular flexibility index (Phi) is 4.23. The van der Waals surface area contributed by atoms with Crippen molar-refractivity contribution in [2.24, 2.45) is 5.92 Å². The first-order chi connectivity index (χ1) is 10.2. The highest BCUT2D eigenvalue weighted by molar-refractivity contribution is 5.45. The molecule has 3 rings (SSSR count). The van der Waals surface area contributed by atoms with Crippen molar-refractivity contribution in [2.45, 2.75) is 25.7 Å². The molecule has 0 atom stereocenters. The number of alkyl halides is 2. The van der Waals surface area contributed by atoms with E-state index in [9.17, 15) is 8.78 Å². The highest BCUT2D eigenvalue weighted by Gasteiger charge is 2.23. The Morgan fingerprint density at radius 2 is 2.10 bits per heavy atom. The Labute approximate surface area is 120 Å². The topological polar surface area (TPSA) is 68.2 Å². The molecule has 0 N–H and O–H groups in total. The summed E-state index contributed by atoms with van der Waals surface area (Å²) in [5, 5.41) is 7.61. The van der Waals surface area contributed by atoms with E-state index in [0.717, 1.165) is 12.8 Å². The third kappa shape index (κ3) is 3.63. The smallest absolute Gasteiger partial charge is 0.251 e. The van der Waals surface area contributed by atoms with Crippen LogP contribution in [-0.2, 0) is 6.42 Å². The average molecular weight is 298 g/mol. The van der Waals surface area contributed by atoms with E-state index >= 15 is 0 Å². The first-order valence-corrected chi connectivity index (χ1v) is 6.94. The molecule has 0 aliphatic carbocycles. The van der Waals surface area contributed by atoms with Gasteiger partial charge in [0.25, 0.3) is 6.43 Å². The van der Waals surface area contributed by atoms with Crippen LogP contribution in [0, 0.1) is 5.92 Å². The molecule has 0 saturated carbocycles. The van der Waals surface area contributed by atoms with Gasteiger partial charge in [-0.05, 0) is 31.8 Å². The Hall–Kier alpha value is -1.83. The second-order valence-corrected chi connectivity index (χ2v) is 5.24. The van der Waals surface area contributed by atoms with E-state index in [1.165, 1.54) is 6.26 Å². The Morgan fingerprint density at radius 1 is 1.29 bits per heavy atom. The summed E-state index contributed by atoms with van der Waals surface area (Å²) < 4.78 is 34.6. The van der Waals surface area contributed by atoms with Crippen LogP contribution in [0.2, 0.25) is 0 Å². The van der Waals surface area contributed by atoms with Crippen molar-refractivity contribution in [2.75, 3.05) is 19.6 Å². The predicted molar refractivity (Wildman–Crippen MR) is 68.7 cm³/mol. The third-order valence-electron chi connectivity index (χ3n) is 3.70. The lowest BCUT2D eigenvalue weighted by Crippen LogP contribution is -2.37. The number of hydrogen-bond donors (Lipinski definition) is 0. The lowest BCUT2D eigenvalue weighted by atomic mass is 9.93. The molecule has 0 aromatic carbocycles. The number of hydrogen-bond acceptors (Lipinski definition) is 6. The fraction of sp³-hybridized carbons (Fsp3) is 0.615. The fourth-order valence-electron chi connectivity index (χ4n) is 2.58. The average Bonchev–Trinajstić information content (AvgIpc) is 3.11. The Morgan fingerprint density at radius 3 is 2.76 bits per heavy atom. The zero-order valence-corrected chi connectivity index (χ0v) is 11.4. The highest BCUT2D eigenvalue weighted by Crippen LogP contribution is 2.22. The molecule has 1 saturated heterocycles. The number of rotatable bonds is 5. The van der Waals surface area contributed by atoms with Crippen molar-refractivity contribution in [1.82, 2.24) is 20.2 Å². The van der Waals surface area contributed by atoms with Crippen molar-refractivity contribution in [3.8, 4) is 11.5 Å². The first-order valence-electron chi connectivity index (χ1n) is 6.94. The molecule has 1 fully saturated rings. The molecule has 1 aliphatic heterocycles. The van der Waals surface area contributed by atoms with E-state index < -0.39 is 6.43 Å². The van der Waals surface area contributed by atoms with E-state index in [-0.39, 0.29) is 6.54 Å². The summed E-state index contributed by atoms with van der Waals surface area (Å²) in [7, 11) is 0. The van der Waals surface area contributed by atoms with Gasteiger partial charge in [0.2, 0.25) is 11.7 Å². The van der Waals surface area contributed by atoms with Crippen LogP contribution >= 0.6 is 0 Å². The maximum absolute atomic E-state index is 12.3. The number of aromatic nitrogens is 3. The van der Waals surface area contributed by atoms with E-state index in [2.05, 4.69) is 15.3 Å². The normalized spacial score (nSPS) is 17.7. The lowest BCUT2D eigenvalue weighted by molar-refractivity contribution is 0.0681. The minimum Gasteiger partial charge on any atom is -0.364 e. The summed E-state index contributed by atoms with van der Waals surface area (Å²) in [4.78, 5) is 6.08. The van der Waals surface area contributed by atoms with Crippen molar-refractivity contribution in [1.29, 1.82) is 0 Å². The van der Waals surface area contributed by atoms with Gasteiger partial charge in [-0.1, -0.05) is 10.3 Å². The van der Waals surface area contributed by atoms with Crippen LogP contribution < -0.4 is 0 Å². The van der Waals surface area contributed by atoms with Crippen LogP contribution in [0.15, 0.2) is 21.4 Å². The van der Waals surface area contributed by atoms with Crippen molar-refractivity contribution < 1.29 is 17.8 Å². The van der Waals surface area contributed by atoms with Crippen LogP contribution in [0.3, 0.4) is 0 Å². The van der Waals surface area contributed by atoms with Gasteiger partial charge in [0, 0.05) is 12.5 Å². The Balaban J connectivity index is 1.52. The molecule has 1 aliphatic rings. The molecule has 8 heteroatoms. The van der Waals surface area contributed by atoms with Crippen LogP contribution in [0.25, 0.3) is 11.5 Å². The van der Waals surface area contributed by atoms with E-state index in [1.807, 2.05) is 0 Å². The molecule has 114 valence electrons. The SMILES string of the molecule is FC(F)CN1CCC(Cc2nc(-c3ccon3)no2)CC1. The van der Waals surface area contributed by atoms with Gasteiger partial charge < -0.3 is 9.05 Å². The fourth-order valence-corrected chi connectivity index (χ4v) is 2.58. The highest BCUT2D eigenvalue weighted by atomic mass is 19.3. The van der Waals surface area contributed by atoms with Crippen molar-refractivity contribution in [3.05, 3.63) is 18.2 Å². The third-order valence-corrected chi connectivity index (χ3v) is 3.70. The molecular weight excluding hydrogens is 282 g/mol. The van der Waals surface area contributed by atoms with Gasteiger partial charge >= 0.3 is 0 Å². The predicted octanol–water partition coefficient (Wildman–Crippen LogP) is 2.24. The number of likely N-dealkylation sites (tertiary alicyclic amines) is 1. The number of halogens is 2. The largest absolute Gasteiger partial charge is 0.364 e. The summed E-state index contributed by atoms with van der Waals surface area (Å²) >= 11 is 0. The summed E-state index contributed by atoms with van der Waals surface area (Å²) in [6.45, 7) is 1.25. The van der Waals surface area contributed by atoms with E-state index in [4.69, 9.17) is 9.05 Å². The summed E-state index contributed by atoms with van der Waals surface area (Å²) in [5.74, 6) is 1.36. The standard InChI is InChI=1S/C13H16F2N4O2/c14-11(15)8-19-4-1-9(2-5-19)7-12-16-13(18-21-12)10-3-6-20-17-10/h3,6,9,11H,1-2,4-5,7-8H2. The quantitative estimate of drug-likeness (QED) is 0.843. The second kappa shape index (κ2) is 6.30. The zero-order valence-electron chi connectivity index (χ0n) is 11.4. The molecule has 2 aromatic rings. The van der Waals surface area contributed by atoms with Crippen LogP contribution in [-0.4, -0.2) is 46.3 Å². The van der Waals surface area contributed by atoms with E-state index in [0.29, 0.717) is 42.8 Å². The van der Waals surface area contributed by atoms with Crippen LogP contribution in [0.4, 0.5) is 8.78 Å². The van der Waals surface area contributed by atoms with Crippen LogP contribution in [0.1, 0.15) is 18.7 Å². The maximum atomic E-state index is 12.3. The van der Waals surface area contributed by atoms with Crippen molar-refractivity contribution >= 4 is 0 Å². The second-order valence-electron chi connectivity index (χ2n) is 5.24. The first kappa shape index (κ1) is 14.1. The molecule has 0 amide bonds. The van der Waals surface area contributed by atoms with E-state index in [1.54, 1.807) is 11.0 Å². The van der Waals surface area contributed by atoms with Gasteiger partial charge in [-0.15, -0.1) is 0 Å².